The fourth-order valence-electron chi connectivity index (χ4n) is 6.79. The number of ether oxygens (including phenoxy) is 3. The molecule has 0 aliphatic rings. The number of hydrogen-bond donors (Lipinski definition) is 0. The molecule has 1 unspecified atom stereocenters. The van der Waals surface area contributed by atoms with Crippen LogP contribution < -0.4 is 0 Å². The molecular weight excluding hydrogens is 717 g/mol. The summed E-state index contributed by atoms with van der Waals surface area (Å²) in [5.74, 6) is -0.424. The zero-order valence-corrected chi connectivity index (χ0v) is 38.6. The van der Waals surface area contributed by atoms with Crippen molar-refractivity contribution in [3.05, 3.63) is 60.8 Å². The van der Waals surface area contributed by atoms with Crippen molar-refractivity contribution in [2.75, 3.05) is 19.8 Å². The van der Waals surface area contributed by atoms with E-state index in [0.29, 0.717) is 19.4 Å². The number of rotatable bonds is 45. The van der Waals surface area contributed by atoms with Crippen LogP contribution in [0.3, 0.4) is 0 Å². The first-order chi connectivity index (χ1) is 28.6. The van der Waals surface area contributed by atoms with E-state index in [9.17, 15) is 9.59 Å². The van der Waals surface area contributed by atoms with Gasteiger partial charge in [0.1, 0.15) is 6.61 Å². The van der Waals surface area contributed by atoms with Crippen LogP contribution in [0, 0.1) is 0 Å². The van der Waals surface area contributed by atoms with Crippen LogP contribution in [0.1, 0.15) is 239 Å². The first-order valence-electron chi connectivity index (χ1n) is 24.8. The van der Waals surface area contributed by atoms with E-state index >= 15 is 0 Å². The molecule has 0 N–H and O–H groups in total. The summed E-state index contributed by atoms with van der Waals surface area (Å²) >= 11 is 0. The van der Waals surface area contributed by atoms with Gasteiger partial charge in [-0.25, -0.2) is 0 Å². The van der Waals surface area contributed by atoms with Gasteiger partial charge in [-0.2, -0.15) is 0 Å². The lowest BCUT2D eigenvalue weighted by molar-refractivity contribution is -0.163. The average Bonchev–Trinajstić information content (AvgIpc) is 3.22. The van der Waals surface area contributed by atoms with Crippen molar-refractivity contribution in [1.29, 1.82) is 0 Å². The van der Waals surface area contributed by atoms with Crippen molar-refractivity contribution in [1.82, 2.24) is 0 Å². The molecule has 336 valence electrons. The quantitative estimate of drug-likeness (QED) is 0.0348. The maximum atomic E-state index is 12.7. The van der Waals surface area contributed by atoms with Gasteiger partial charge in [-0.05, 0) is 83.5 Å². The monoisotopic (exact) mass is 811 g/mol. The average molecular weight is 811 g/mol. The van der Waals surface area contributed by atoms with Gasteiger partial charge in [0.2, 0.25) is 0 Å². The van der Waals surface area contributed by atoms with Gasteiger partial charge in [0.05, 0.1) is 6.61 Å². The first kappa shape index (κ1) is 55.6. The maximum absolute atomic E-state index is 12.7. The molecule has 0 bridgehead atoms. The van der Waals surface area contributed by atoms with Crippen LogP contribution in [0.5, 0.6) is 0 Å². The summed E-state index contributed by atoms with van der Waals surface area (Å²) < 4.78 is 17.3. The Hall–Kier alpha value is -2.40. The van der Waals surface area contributed by atoms with Crippen molar-refractivity contribution in [2.45, 2.75) is 245 Å². The first-order valence-corrected chi connectivity index (χ1v) is 24.8. The van der Waals surface area contributed by atoms with Crippen LogP contribution in [0.15, 0.2) is 60.8 Å². The van der Waals surface area contributed by atoms with Crippen molar-refractivity contribution in [3.63, 3.8) is 0 Å². The third-order valence-electron chi connectivity index (χ3n) is 10.5. The topological polar surface area (TPSA) is 61.8 Å². The lowest BCUT2D eigenvalue weighted by Crippen LogP contribution is -2.30. The summed E-state index contributed by atoms with van der Waals surface area (Å²) in [6.07, 6.45) is 60.7. The van der Waals surface area contributed by atoms with Crippen LogP contribution in [0.2, 0.25) is 0 Å². The predicted molar refractivity (Wildman–Crippen MR) is 251 cm³/mol. The zero-order chi connectivity index (χ0) is 42.1. The Bertz CT molecular complexity index is 1010. The highest BCUT2D eigenvalue weighted by atomic mass is 16.6. The molecule has 0 radical (unpaired) electrons. The highest BCUT2D eigenvalue weighted by molar-refractivity contribution is 5.70. The molecule has 0 heterocycles. The van der Waals surface area contributed by atoms with Gasteiger partial charge in [-0.3, -0.25) is 9.59 Å². The Labute approximate surface area is 360 Å². The largest absolute Gasteiger partial charge is 0.462 e. The molecule has 0 aromatic rings. The third-order valence-corrected chi connectivity index (χ3v) is 10.5. The number of unbranched alkanes of at least 4 members (excludes halogenated alkanes) is 24. The van der Waals surface area contributed by atoms with Crippen molar-refractivity contribution in [2.24, 2.45) is 0 Å². The summed E-state index contributed by atoms with van der Waals surface area (Å²) in [4.78, 5) is 25.3. The molecule has 0 aromatic carbocycles. The smallest absolute Gasteiger partial charge is 0.306 e. The summed E-state index contributed by atoms with van der Waals surface area (Å²) in [5, 5.41) is 0. The summed E-state index contributed by atoms with van der Waals surface area (Å²) in [7, 11) is 0. The number of carbonyl (C=O) groups excluding carboxylic acids is 2. The Kier molecular flexibility index (Phi) is 46.9. The second-order valence-corrected chi connectivity index (χ2v) is 16.4. The standard InChI is InChI=1S/C53H94O5/c1-4-7-10-13-16-19-22-24-25-26-27-28-29-31-32-34-37-40-43-46-52(54)57-50-51(49-56-48-45-42-39-36-21-18-15-12-9-6-3)58-53(55)47-44-41-38-35-33-30-23-20-17-14-11-8-5-2/h11,14,16,19-20,23-25,27-28,51H,4-10,12-13,15,17-18,21-22,26,29-50H2,1-3H3/b14-11-,19-16-,23-20-,25-24-,28-27-. The van der Waals surface area contributed by atoms with Crippen LogP contribution >= 0.6 is 0 Å². The Morgan fingerprint density at radius 2 is 0.759 bits per heavy atom. The van der Waals surface area contributed by atoms with Gasteiger partial charge in [0, 0.05) is 19.4 Å². The molecule has 0 saturated carbocycles. The Balaban J connectivity index is 4.24. The summed E-state index contributed by atoms with van der Waals surface area (Å²) in [6, 6.07) is 0. The fourth-order valence-corrected chi connectivity index (χ4v) is 6.79. The van der Waals surface area contributed by atoms with E-state index in [1.54, 1.807) is 0 Å². The molecule has 5 heteroatoms. The number of carbonyl (C=O) groups is 2. The van der Waals surface area contributed by atoms with Gasteiger partial charge in [0.25, 0.3) is 0 Å². The lowest BCUT2D eigenvalue weighted by Gasteiger charge is -2.18. The SMILES string of the molecule is CCC/C=C\C/C=C\CCCCCCCC(=O)OC(COCCCCCCCCCCCC)COC(=O)CCCCCCCC/C=C\C/C=C\C/C=C\CCCCC. The predicted octanol–water partition coefficient (Wildman–Crippen LogP) is 16.6. The van der Waals surface area contributed by atoms with Gasteiger partial charge in [0.15, 0.2) is 6.10 Å². The second kappa shape index (κ2) is 49.0. The molecular formula is C53H94O5. The third kappa shape index (κ3) is 46.3. The van der Waals surface area contributed by atoms with Crippen molar-refractivity contribution < 1.29 is 23.8 Å². The molecule has 1 atom stereocenters. The zero-order valence-electron chi connectivity index (χ0n) is 38.6. The minimum Gasteiger partial charge on any atom is -0.462 e. The van der Waals surface area contributed by atoms with E-state index in [1.165, 1.54) is 122 Å². The van der Waals surface area contributed by atoms with Gasteiger partial charge in [-0.15, -0.1) is 0 Å². The highest BCUT2D eigenvalue weighted by Crippen LogP contribution is 2.13. The summed E-state index contributed by atoms with van der Waals surface area (Å²) in [5.41, 5.74) is 0. The van der Waals surface area contributed by atoms with Gasteiger partial charge < -0.3 is 14.2 Å². The highest BCUT2D eigenvalue weighted by Gasteiger charge is 2.17. The molecule has 0 aliphatic carbocycles. The normalized spacial score (nSPS) is 12.7. The van der Waals surface area contributed by atoms with Gasteiger partial charge in [-0.1, -0.05) is 204 Å². The molecule has 0 rings (SSSR count). The molecule has 5 nitrogen and oxygen atoms in total. The van der Waals surface area contributed by atoms with Crippen molar-refractivity contribution >= 4 is 11.9 Å². The Morgan fingerprint density at radius 3 is 1.26 bits per heavy atom. The number of allylic oxidation sites excluding steroid dienone is 10. The summed E-state index contributed by atoms with van der Waals surface area (Å²) in [6.45, 7) is 7.72. The fraction of sp³-hybridized carbons (Fsp3) is 0.774. The van der Waals surface area contributed by atoms with Crippen molar-refractivity contribution in [3.8, 4) is 0 Å². The second-order valence-electron chi connectivity index (χ2n) is 16.4. The lowest BCUT2D eigenvalue weighted by atomic mass is 10.1. The molecule has 0 spiro atoms. The van der Waals surface area contributed by atoms with E-state index in [2.05, 4.69) is 81.5 Å². The molecule has 0 aliphatic heterocycles. The van der Waals surface area contributed by atoms with Crippen LogP contribution in [0.25, 0.3) is 0 Å². The van der Waals surface area contributed by atoms with E-state index in [0.717, 1.165) is 83.5 Å². The molecule has 0 amide bonds. The Morgan fingerprint density at radius 1 is 0.379 bits per heavy atom. The van der Waals surface area contributed by atoms with Crippen LogP contribution in [-0.4, -0.2) is 37.9 Å². The molecule has 58 heavy (non-hydrogen) atoms. The van der Waals surface area contributed by atoms with E-state index < -0.39 is 6.10 Å². The van der Waals surface area contributed by atoms with Crippen LogP contribution in [0.4, 0.5) is 0 Å². The molecule has 0 aromatic heterocycles. The molecule has 0 fully saturated rings. The number of hydrogen-bond acceptors (Lipinski definition) is 5. The number of esters is 2. The minimum atomic E-state index is -0.546. The van der Waals surface area contributed by atoms with E-state index in [-0.39, 0.29) is 25.2 Å². The minimum absolute atomic E-state index is 0.0734. The van der Waals surface area contributed by atoms with Gasteiger partial charge >= 0.3 is 11.9 Å². The molecule has 0 saturated heterocycles. The maximum Gasteiger partial charge on any atom is 0.306 e. The van der Waals surface area contributed by atoms with E-state index in [1.807, 2.05) is 0 Å². The van der Waals surface area contributed by atoms with Crippen LogP contribution in [-0.2, 0) is 23.8 Å². The van der Waals surface area contributed by atoms with E-state index in [4.69, 9.17) is 14.2 Å².